The largest absolute Gasteiger partial charge is 0.494 e. The van der Waals surface area contributed by atoms with Gasteiger partial charge in [0, 0.05) is 11.3 Å². The van der Waals surface area contributed by atoms with Gasteiger partial charge in [0.15, 0.2) is 0 Å². The van der Waals surface area contributed by atoms with Crippen molar-refractivity contribution >= 4 is 11.6 Å². The molecule has 0 N–H and O–H groups in total. The SMILES string of the molecule is CCOc1ccc(-c2cc(C)nc(Cl)c2C#N)cc1. The Kier molecular flexibility index (Phi) is 4.03. The smallest absolute Gasteiger partial charge is 0.147 e. The van der Waals surface area contributed by atoms with Crippen LogP contribution in [0.2, 0.25) is 5.15 Å². The molecule has 3 nitrogen and oxygen atoms in total. The summed E-state index contributed by atoms with van der Waals surface area (Å²) in [6.45, 7) is 4.42. The van der Waals surface area contributed by atoms with Crippen LogP contribution in [0.25, 0.3) is 11.1 Å². The van der Waals surface area contributed by atoms with Gasteiger partial charge in [0.05, 0.1) is 12.2 Å². The summed E-state index contributed by atoms with van der Waals surface area (Å²) in [5, 5.41) is 9.43. The van der Waals surface area contributed by atoms with Gasteiger partial charge in [0.25, 0.3) is 0 Å². The third kappa shape index (κ3) is 2.86. The predicted octanol–water partition coefficient (Wildman–Crippen LogP) is 3.98. The molecule has 2 aromatic rings. The zero-order chi connectivity index (χ0) is 13.8. The van der Waals surface area contributed by atoms with Crippen LogP contribution in [0.3, 0.4) is 0 Å². The predicted molar refractivity (Wildman–Crippen MR) is 75.3 cm³/mol. The van der Waals surface area contributed by atoms with E-state index in [1.165, 1.54) is 0 Å². The van der Waals surface area contributed by atoms with E-state index in [1.807, 2.05) is 44.2 Å². The Morgan fingerprint density at radius 1 is 1.32 bits per heavy atom. The molecule has 0 aliphatic rings. The standard InChI is InChI=1S/C15H13ClN2O/c1-3-19-12-6-4-11(5-7-12)13-8-10(2)18-15(16)14(13)9-17/h4-8H,3H2,1-2H3. The fraction of sp³-hybridized carbons (Fsp3) is 0.200. The lowest BCUT2D eigenvalue weighted by Gasteiger charge is -2.08. The molecule has 96 valence electrons. The highest BCUT2D eigenvalue weighted by atomic mass is 35.5. The number of nitrogens with zero attached hydrogens (tertiary/aromatic N) is 2. The summed E-state index contributed by atoms with van der Waals surface area (Å²) < 4.78 is 5.40. The molecule has 0 bridgehead atoms. The molecule has 19 heavy (non-hydrogen) atoms. The molecule has 1 aromatic carbocycles. The van der Waals surface area contributed by atoms with Crippen LogP contribution in [0.15, 0.2) is 30.3 Å². The van der Waals surface area contributed by atoms with Crippen molar-refractivity contribution < 1.29 is 4.74 Å². The van der Waals surface area contributed by atoms with Crippen molar-refractivity contribution in [2.45, 2.75) is 13.8 Å². The van der Waals surface area contributed by atoms with Crippen molar-refractivity contribution in [1.29, 1.82) is 5.26 Å². The van der Waals surface area contributed by atoms with Gasteiger partial charge in [-0.15, -0.1) is 0 Å². The molecule has 0 aliphatic heterocycles. The number of aromatic nitrogens is 1. The van der Waals surface area contributed by atoms with Crippen LogP contribution >= 0.6 is 11.6 Å². The van der Waals surface area contributed by atoms with Crippen LogP contribution in [0.1, 0.15) is 18.2 Å². The van der Waals surface area contributed by atoms with Gasteiger partial charge in [0.2, 0.25) is 0 Å². The number of halogens is 1. The monoisotopic (exact) mass is 272 g/mol. The lowest BCUT2D eigenvalue weighted by molar-refractivity contribution is 0.340. The van der Waals surface area contributed by atoms with Crippen LogP contribution in [0.4, 0.5) is 0 Å². The minimum absolute atomic E-state index is 0.242. The number of aryl methyl sites for hydroxylation is 1. The van der Waals surface area contributed by atoms with E-state index in [1.54, 1.807) is 0 Å². The lowest BCUT2D eigenvalue weighted by atomic mass is 10.0. The quantitative estimate of drug-likeness (QED) is 0.794. The Bertz CT molecular complexity index is 630. The van der Waals surface area contributed by atoms with Gasteiger partial charge >= 0.3 is 0 Å². The van der Waals surface area contributed by atoms with Crippen molar-refractivity contribution in [3.05, 3.63) is 46.7 Å². The molecule has 0 unspecified atom stereocenters. The zero-order valence-electron chi connectivity index (χ0n) is 10.8. The molecular weight excluding hydrogens is 260 g/mol. The Labute approximate surface area is 117 Å². The second kappa shape index (κ2) is 5.73. The normalized spacial score (nSPS) is 10.0. The van der Waals surface area contributed by atoms with Gasteiger partial charge in [0.1, 0.15) is 17.0 Å². The average Bonchev–Trinajstić information content (AvgIpc) is 2.39. The van der Waals surface area contributed by atoms with Gasteiger partial charge in [-0.05, 0) is 37.6 Å². The summed E-state index contributed by atoms with van der Waals surface area (Å²) in [6, 6.07) is 11.5. The molecule has 0 radical (unpaired) electrons. The van der Waals surface area contributed by atoms with E-state index in [-0.39, 0.29) is 5.15 Å². The van der Waals surface area contributed by atoms with Gasteiger partial charge in [-0.25, -0.2) is 4.98 Å². The Hall–Kier alpha value is -2.05. The summed E-state index contributed by atoms with van der Waals surface area (Å²) in [5.74, 6) is 0.807. The van der Waals surface area contributed by atoms with Crippen LogP contribution in [0.5, 0.6) is 5.75 Å². The van der Waals surface area contributed by atoms with Crippen molar-refractivity contribution in [2.24, 2.45) is 0 Å². The highest BCUT2D eigenvalue weighted by molar-refractivity contribution is 6.31. The van der Waals surface area contributed by atoms with Crippen LogP contribution < -0.4 is 4.74 Å². The van der Waals surface area contributed by atoms with Crippen LogP contribution in [-0.4, -0.2) is 11.6 Å². The van der Waals surface area contributed by atoms with Crippen molar-refractivity contribution in [1.82, 2.24) is 4.98 Å². The minimum Gasteiger partial charge on any atom is -0.494 e. The first-order valence-corrected chi connectivity index (χ1v) is 6.34. The molecule has 1 heterocycles. The maximum atomic E-state index is 9.19. The summed E-state index contributed by atoms with van der Waals surface area (Å²) in [7, 11) is 0. The molecule has 0 spiro atoms. The molecule has 4 heteroatoms. The highest BCUT2D eigenvalue weighted by Gasteiger charge is 2.11. The lowest BCUT2D eigenvalue weighted by Crippen LogP contribution is -1.93. The topological polar surface area (TPSA) is 45.9 Å². The molecule has 0 atom stereocenters. The van der Waals surface area contributed by atoms with E-state index in [9.17, 15) is 5.26 Å². The number of hydrogen-bond donors (Lipinski definition) is 0. The second-order valence-corrected chi connectivity index (χ2v) is 4.40. The van der Waals surface area contributed by atoms with Gasteiger partial charge in [-0.2, -0.15) is 5.26 Å². The van der Waals surface area contributed by atoms with E-state index in [0.29, 0.717) is 12.2 Å². The molecule has 1 aromatic heterocycles. The minimum atomic E-state index is 0.242. The fourth-order valence-electron chi connectivity index (χ4n) is 1.87. The number of rotatable bonds is 3. The molecule has 0 aliphatic carbocycles. The van der Waals surface area contributed by atoms with E-state index < -0.39 is 0 Å². The first kappa shape index (κ1) is 13.4. The molecule has 2 rings (SSSR count). The first-order valence-electron chi connectivity index (χ1n) is 5.96. The number of hydrogen-bond acceptors (Lipinski definition) is 3. The number of nitriles is 1. The Morgan fingerprint density at radius 2 is 2.00 bits per heavy atom. The fourth-order valence-corrected chi connectivity index (χ4v) is 2.14. The van der Waals surface area contributed by atoms with E-state index >= 15 is 0 Å². The second-order valence-electron chi connectivity index (χ2n) is 4.05. The number of ether oxygens (including phenoxy) is 1. The highest BCUT2D eigenvalue weighted by Crippen LogP contribution is 2.29. The summed E-state index contributed by atoms with van der Waals surface area (Å²) in [6.07, 6.45) is 0. The van der Waals surface area contributed by atoms with E-state index in [0.717, 1.165) is 22.6 Å². The summed E-state index contributed by atoms with van der Waals surface area (Å²) in [4.78, 5) is 4.10. The Morgan fingerprint density at radius 3 is 2.58 bits per heavy atom. The van der Waals surface area contributed by atoms with Gasteiger partial charge < -0.3 is 4.74 Å². The van der Waals surface area contributed by atoms with Crippen LogP contribution in [0, 0.1) is 18.3 Å². The van der Waals surface area contributed by atoms with Gasteiger partial charge in [-0.3, -0.25) is 0 Å². The van der Waals surface area contributed by atoms with Crippen LogP contribution in [-0.2, 0) is 0 Å². The zero-order valence-corrected chi connectivity index (χ0v) is 11.5. The first-order chi connectivity index (χ1) is 9.15. The Balaban J connectivity index is 2.49. The maximum Gasteiger partial charge on any atom is 0.147 e. The maximum absolute atomic E-state index is 9.19. The average molecular weight is 273 g/mol. The molecule has 0 saturated heterocycles. The third-order valence-corrected chi connectivity index (χ3v) is 2.96. The van der Waals surface area contributed by atoms with Crippen molar-refractivity contribution in [3.63, 3.8) is 0 Å². The summed E-state index contributed by atoms with van der Waals surface area (Å²) >= 11 is 6.01. The molecule has 0 amide bonds. The van der Waals surface area contributed by atoms with E-state index in [4.69, 9.17) is 16.3 Å². The van der Waals surface area contributed by atoms with Gasteiger partial charge in [-0.1, -0.05) is 23.7 Å². The molecular formula is C15H13ClN2O. The number of pyridine rings is 1. The third-order valence-electron chi connectivity index (χ3n) is 2.69. The molecule has 0 saturated carbocycles. The number of benzene rings is 1. The summed E-state index contributed by atoms with van der Waals surface area (Å²) in [5.41, 5.74) is 2.90. The van der Waals surface area contributed by atoms with E-state index in [2.05, 4.69) is 11.1 Å². The molecule has 0 fully saturated rings. The van der Waals surface area contributed by atoms with Crippen molar-refractivity contribution in [3.8, 4) is 22.9 Å². The van der Waals surface area contributed by atoms with Crippen molar-refractivity contribution in [2.75, 3.05) is 6.61 Å².